The van der Waals surface area contributed by atoms with Crippen LogP contribution in [0.4, 0.5) is 0 Å². The fourth-order valence-corrected chi connectivity index (χ4v) is 2.22. The monoisotopic (exact) mass is 214 g/mol. The number of methoxy groups -OCH3 is 1. The second-order valence-electron chi connectivity index (χ2n) is 4.90. The molecule has 1 aliphatic rings. The van der Waals surface area contributed by atoms with E-state index in [4.69, 9.17) is 4.74 Å². The predicted octanol–water partition coefficient (Wildman–Crippen LogP) is 1.48. The van der Waals surface area contributed by atoms with Gasteiger partial charge in [0.25, 0.3) is 0 Å². The highest BCUT2D eigenvalue weighted by atomic mass is 16.5. The topological polar surface area (TPSA) is 24.5 Å². The van der Waals surface area contributed by atoms with Crippen molar-refractivity contribution in [3.8, 4) is 0 Å². The van der Waals surface area contributed by atoms with Crippen LogP contribution in [-0.4, -0.2) is 50.3 Å². The lowest BCUT2D eigenvalue weighted by Gasteiger charge is -2.36. The maximum Gasteiger partial charge on any atom is 0.0476 e. The van der Waals surface area contributed by atoms with Gasteiger partial charge in [0.05, 0.1) is 0 Å². The second kappa shape index (κ2) is 6.46. The zero-order valence-electron chi connectivity index (χ0n) is 10.6. The minimum Gasteiger partial charge on any atom is -0.385 e. The number of hydrogen-bond donors (Lipinski definition) is 1. The number of nitrogens with zero attached hydrogens (tertiary/aromatic N) is 1. The molecule has 1 aliphatic heterocycles. The first-order chi connectivity index (χ1) is 7.13. The van der Waals surface area contributed by atoms with Crippen molar-refractivity contribution in [2.45, 2.75) is 51.2 Å². The van der Waals surface area contributed by atoms with Crippen LogP contribution in [0.3, 0.4) is 0 Å². The van der Waals surface area contributed by atoms with E-state index in [1.807, 2.05) is 0 Å². The van der Waals surface area contributed by atoms with E-state index >= 15 is 0 Å². The largest absolute Gasteiger partial charge is 0.385 e. The Labute approximate surface area is 94.2 Å². The fraction of sp³-hybridized carbons (Fsp3) is 1.00. The van der Waals surface area contributed by atoms with Crippen molar-refractivity contribution in [2.75, 3.05) is 27.3 Å². The Hall–Kier alpha value is -0.120. The molecule has 0 aromatic rings. The molecule has 1 heterocycles. The van der Waals surface area contributed by atoms with E-state index < -0.39 is 0 Å². The average Bonchev–Trinajstić information content (AvgIpc) is 2.20. The Kier molecular flexibility index (Phi) is 5.58. The zero-order chi connectivity index (χ0) is 11.3. The van der Waals surface area contributed by atoms with Crippen LogP contribution in [0, 0.1) is 0 Å². The Bertz CT molecular complexity index is 175. The highest BCUT2D eigenvalue weighted by molar-refractivity contribution is 4.82. The van der Waals surface area contributed by atoms with Crippen LogP contribution >= 0.6 is 0 Å². The van der Waals surface area contributed by atoms with Gasteiger partial charge < -0.3 is 15.0 Å². The van der Waals surface area contributed by atoms with Gasteiger partial charge in [-0.2, -0.15) is 0 Å². The van der Waals surface area contributed by atoms with Gasteiger partial charge in [-0.15, -0.1) is 0 Å². The molecule has 0 saturated carbocycles. The van der Waals surface area contributed by atoms with E-state index in [0.717, 1.165) is 13.0 Å². The van der Waals surface area contributed by atoms with E-state index in [-0.39, 0.29) is 0 Å². The summed E-state index contributed by atoms with van der Waals surface area (Å²) in [6, 6.07) is 1.99. The molecule has 0 aromatic heterocycles. The van der Waals surface area contributed by atoms with E-state index in [1.165, 1.54) is 19.4 Å². The highest BCUT2D eigenvalue weighted by Gasteiger charge is 2.23. The fourth-order valence-electron chi connectivity index (χ4n) is 2.22. The van der Waals surface area contributed by atoms with Crippen molar-refractivity contribution in [3.05, 3.63) is 0 Å². The van der Waals surface area contributed by atoms with Gasteiger partial charge in [-0.25, -0.2) is 0 Å². The first kappa shape index (κ1) is 12.9. The summed E-state index contributed by atoms with van der Waals surface area (Å²) in [5.41, 5.74) is 0. The third-order valence-corrected chi connectivity index (χ3v) is 3.48. The average molecular weight is 214 g/mol. The summed E-state index contributed by atoms with van der Waals surface area (Å²) in [7, 11) is 3.99. The Morgan fingerprint density at radius 1 is 1.53 bits per heavy atom. The summed E-state index contributed by atoms with van der Waals surface area (Å²) in [5.74, 6) is 0. The van der Waals surface area contributed by atoms with Gasteiger partial charge in [0.15, 0.2) is 0 Å². The number of nitrogens with one attached hydrogen (secondary N) is 1. The summed E-state index contributed by atoms with van der Waals surface area (Å²) in [6.07, 6.45) is 3.66. The van der Waals surface area contributed by atoms with E-state index in [0.29, 0.717) is 18.1 Å². The molecule has 1 N–H and O–H groups in total. The van der Waals surface area contributed by atoms with Crippen molar-refractivity contribution < 1.29 is 4.74 Å². The molecule has 0 aliphatic carbocycles. The first-order valence-corrected chi connectivity index (χ1v) is 6.08. The quantitative estimate of drug-likeness (QED) is 0.750. The molecule has 1 saturated heterocycles. The molecular weight excluding hydrogens is 188 g/mol. The van der Waals surface area contributed by atoms with Crippen LogP contribution < -0.4 is 5.32 Å². The molecule has 0 amide bonds. The SMILES string of the molecule is COCCC(C)NC1CCN(C)C(C)C1. The molecule has 0 bridgehead atoms. The molecule has 0 aromatic carbocycles. The van der Waals surface area contributed by atoms with E-state index in [1.54, 1.807) is 7.11 Å². The van der Waals surface area contributed by atoms with E-state index in [9.17, 15) is 0 Å². The van der Waals surface area contributed by atoms with Gasteiger partial charge in [-0.05, 0) is 46.7 Å². The third kappa shape index (κ3) is 4.49. The van der Waals surface area contributed by atoms with Gasteiger partial charge in [0.1, 0.15) is 0 Å². The molecule has 15 heavy (non-hydrogen) atoms. The molecule has 0 radical (unpaired) electrons. The maximum atomic E-state index is 5.09. The van der Waals surface area contributed by atoms with Gasteiger partial charge in [-0.3, -0.25) is 0 Å². The van der Waals surface area contributed by atoms with Crippen LogP contribution in [0.1, 0.15) is 33.1 Å². The van der Waals surface area contributed by atoms with Crippen LogP contribution in [0.5, 0.6) is 0 Å². The van der Waals surface area contributed by atoms with Gasteiger partial charge >= 0.3 is 0 Å². The lowest BCUT2D eigenvalue weighted by Crippen LogP contribution is -2.48. The summed E-state index contributed by atoms with van der Waals surface area (Å²) >= 11 is 0. The normalized spacial score (nSPS) is 30.4. The molecule has 3 unspecified atom stereocenters. The van der Waals surface area contributed by atoms with Crippen LogP contribution in [-0.2, 0) is 4.74 Å². The standard InChI is InChI=1S/C12H26N2O/c1-10(6-8-15-4)13-12-5-7-14(3)11(2)9-12/h10-13H,5-9H2,1-4H3. The van der Waals surface area contributed by atoms with Gasteiger partial charge in [0, 0.05) is 31.8 Å². The van der Waals surface area contributed by atoms with Crippen molar-refractivity contribution in [1.29, 1.82) is 0 Å². The summed E-state index contributed by atoms with van der Waals surface area (Å²) < 4.78 is 5.09. The summed E-state index contributed by atoms with van der Waals surface area (Å²) in [5, 5.41) is 3.70. The minimum absolute atomic E-state index is 0.575. The minimum atomic E-state index is 0.575. The molecule has 1 fully saturated rings. The Morgan fingerprint density at radius 3 is 2.87 bits per heavy atom. The Balaban J connectivity index is 2.21. The first-order valence-electron chi connectivity index (χ1n) is 6.08. The van der Waals surface area contributed by atoms with Crippen molar-refractivity contribution >= 4 is 0 Å². The van der Waals surface area contributed by atoms with Crippen molar-refractivity contribution in [1.82, 2.24) is 10.2 Å². The van der Waals surface area contributed by atoms with Gasteiger partial charge in [0.2, 0.25) is 0 Å². The Morgan fingerprint density at radius 2 is 2.27 bits per heavy atom. The lowest BCUT2D eigenvalue weighted by atomic mass is 9.98. The molecule has 1 rings (SSSR count). The maximum absolute atomic E-state index is 5.09. The number of likely N-dealkylation sites (tertiary alicyclic amines) is 1. The summed E-state index contributed by atoms with van der Waals surface area (Å²) in [4.78, 5) is 2.44. The predicted molar refractivity (Wildman–Crippen MR) is 64.2 cm³/mol. The molecule has 3 heteroatoms. The third-order valence-electron chi connectivity index (χ3n) is 3.48. The van der Waals surface area contributed by atoms with Crippen molar-refractivity contribution in [3.63, 3.8) is 0 Å². The number of ether oxygens (including phenoxy) is 1. The van der Waals surface area contributed by atoms with Crippen LogP contribution in [0.2, 0.25) is 0 Å². The second-order valence-corrected chi connectivity index (χ2v) is 4.90. The molecule has 3 nitrogen and oxygen atoms in total. The van der Waals surface area contributed by atoms with Crippen molar-refractivity contribution in [2.24, 2.45) is 0 Å². The molecule has 3 atom stereocenters. The number of piperidine rings is 1. The van der Waals surface area contributed by atoms with Gasteiger partial charge in [-0.1, -0.05) is 0 Å². The van der Waals surface area contributed by atoms with Crippen LogP contribution in [0.25, 0.3) is 0 Å². The zero-order valence-corrected chi connectivity index (χ0v) is 10.6. The van der Waals surface area contributed by atoms with Crippen LogP contribution in [0.15, 0.2) is 0 Å². The summed E-state index contributed by atoms with van der Waals surface area (Å²) in [6.45, 7) is 6.64. The highest BCUT2D eigenvalue weighted by Crippen LogP contribution is 2.16. The molecule has 0 spiro atoms. The molecule has 90 valence electrons. The smallest absolute Gasteiger partial charge is 0.0476 e. The number of hydrogen-bond acceptors (Lipinski definition) is 3. The lowest BCUT2D eigenvalue weighted by molar-refractivity contribution is 0.151. The number of rotatable bonds is 5. The molecular formula is C12H26N2O. The van der Waals surface area contributed by atoms with E-state index in [2.05, 4.69) is 31.1 Å².